The average molecular weight is 405 g/mol. The minimum Gasteiger partial charge on any atom is -0.487 e. The quantitative estimate of drug-likeness (QED) is 0.673. The highest BCUT2D eigenvalue weighted by Crippen LogP contribution is 2.39. The lowest BCUT2D eigenvalue weighted by Crippen LogP contribution is -2.41. The van der Waals surface area contributed by atoms with Crippen LogP contribution in [-0.2, 0) is 11.2 Å². The van der Waals surface area contributed by atoms with Crippen molar-refractivity contribution < 1.29 is 9.53 Å². The molecule has 1 atom stereocenters. The second-order valence-electron chi connectivity index (χ2n) is 8.78. The van der Waals surface area contributed by atoms with Crippen molar-refractivity contribution in [1.29, 1.82) is 0 Å². The van der Waals surface area contributed by atoms with Crippen molar-refractivity contribution in [3.05, 3.63) is 75.1 Å². The fourth-order valence-electron chi connectivity index (χ4n) is 4.36. The Balaban J connectivity index is 1.52. The topological polar surface area (TPSA) is 71.2 Å². The van der Waals surface area contributed by atoms with E-state index in [0.717, 1.165) is 28.1 Å². The molecule has 0 spiro atoms. The van der Waals surface area contributed by atoms with E-state index in [4.69, 9.17) is 4.74 Å². The first-order chi connectivity index (χ1) is 14.2. The maximum Gasteiger partial charge on any atom is 0.220 e. The van der Waals surface area contributed by atoms with Gasteiger partial charge >= 0.3 is 0 Å². The number of fused-ring (bicyclic) bond motifs is 2. The number of amides is 1. The van der Waals surface area contributed by atoms with Crippen molar-refractivity contribution in [3.63, 3.8) is 0 Å². The number of rotatable bonds is 4. The summed E-state index contributed by atoms with van der Waals surface area (Å²) in [7, 11) is 0. The normalized spacial score (nSPS) is 17.3. The number of nitrogens with one attached hydrogen (secondary N) is 2. The summed E-state index contributed by atoms with van der Waals surface area (Å²) in [5, 5.41) is 3.83. The van der Waals surface area contributed by atoms with Crippen LogP contribution in [0.4, 0.5) is 0 Å². The molecular weight excluding hydrogens is 376 g/mol. The van der Waals surface area contributed by atoms with E-state index in [1.165, 1.54) is 0 Å². The SMILES string of the molecule is Cc1[nH]c2c(C)cccc2c(=O)c1CCC(=O)N[C@@H]1CC(C)(C)Oc2ccccc21. The van der Waals surface area contributed by atoms with Gasteiger partial charge in [0.15, 0.2) is 5.43 Å². The standard InChI is InChI=1S/C25H28N2O3/c1-15-8-7-10-19-23(15)26-16(2)17(24(19)29)12-13-22(28)27-20-14-25(3,4)30-21-11-6-5-9-18(20)21/h5-11,20H,12-14H2,1-4H3,(H,26,29)(H,27,28)/t20-/m1/s1. The van der Waals surface area contributed by atoms with Crippen LogP contribution < -0.4 is 15.5 Å². The van der Waals surface area contributed by atoms with Crippen LogP contribution in [-0.4, -0.2) is 16.5 Å². The van der Waals surface area contributed by atoms with Gasteiger partial charge in [-0.1, -0.05) is 30.3 Å². The maximum atomic E-state index is 13.0. The molecule has 0 saturated heterocycles. The summed E-state index contributed by atoms with van der Waals surface area (Å²) in [5.74, 6) is 0.756. The van der Waals surface area contributed by atoms with Crippen molar-refractivity contribution in [1.82, 2.24) is 10.3 Å². The number of hydrogen-bond donors (Lipinski definition) is 2. The molecule has 5 nitrogen and oxygen atoms in total. The largest absolute Gasteiger partial charge is 0.487 e. The Labute approximate surface area is 176 Å². The maximum absolute atomic E-state index is 13.0. The first kappa shape index (κ1) is 20.2. The summed E-state index contributed by atoms with van der Waals surface area (Å²) in [6, 6.07) is 13.4. The van der Waals surface area contributed by atoms with Gasteiger partial charge in [0, 0.05) is 35.0 Å². The fourth-order valence-corrected chi connectivity index (χ4v) is 4.36. The Kier molecular flexibility index (Phi) is 5.14. The first-order valence-corrected chi connectivity index (χ1v) is 10.4. The minimum absolute atomic E-state index is 0.00953. The first-order valence-electron chi connectivity index (χ1n) is 10.4. The van der Waals surface area contributed by atoms with Crippen molar-refractivity contribution in [2.75, 3.05) is 0 Å². The summed E-state index contributed by atoms with van der Waals surface area (Å²) in [4.78, 5) is 29.1. The van der Waals surface area contributed by atoms with Crippen LogP contribution >= 0.6 is 0 Å². The van der Waals surface area contributed by atoms with E-state index in [1.54, 1.807) is 0 Å². The van der Waals surface area contributed by atoms with Gasteiger partial charge in [0.2, 0.25) is 5.91 Å². The van der Waals surface area contributed by atoms with Crippen molar-refractivity contribution in [2.45, 2.75) is 58.6 Å². The Hall–Kier alpha value is -3.08. The number of carbonyl (C=O) groups excluding carboxylic acids is 1. The van der Waals surface area contributed by atoms with E-state index in [1.807, 2.05) is 70.2 Å². The zero-order valence-corrected chi connectivity index (χ0v) is 18.0. The van der Waals surface area contributed by atoms with Gasteiger partial charge in [-0.2, -0.15) is 0 Å². The molecule has 30 heavy (non-hydrogen) atoms. The highest BCUT2D eigenvalue weighted by molar-refractivity contribution is 5.83. The van der Waals surface area contributed by atoms with E-state index < -0.39 is 0 Å². The van der Waals surface area contributed by atoms with Crippen LogP contribution in [0.5, 0.6) is 5.75 Å². The number of hydrogen-bond acceptors (Lipinski definition) is 3. The van der Waals surface area contributed by atoms with E-state index >= 15 is 0 Å². The van der Waals surface area contributed by atoms with Gasteiger partial charge in [-0.3, -0.25) is 9.59 Å². The molecule has 2 N–H and O–H groups in total. The van der Waals surface area contributed by atoms with Crippen LogP contribution in [0.3, 0.4) is 0 Å². The van der Waals surface area contributed by atoms with Crippen LogP contribution in [0.15, 0.2) is 47.3 Å². The number of aromatic nitrogens is 1. The molecule has 0 saturated carbocycles. The Bertz CT molecular complexity index is 1180. The Morgan fingerprint density at radius 2 is 1.93 bits per heavy atom. The summed E-state index contributed by atoms with van der Waals surface area (Å²) >= 11 is 0. The highest BCUT2D eigenvalue weighted by Gasteiger charge is 2.34. The molecule has 1 aromatic heterocycles. The minimum atomic E-state index is -0.351. The molecule has 5 heteroatoms. The summed E-state index contributed by atoms with van der Waals surface area (Å²) in [6.45, 7) is 7.94. The number of ether oxygens (including phenoxy) is 1. The number of aromatic amines is 1. The lowest BCUT2D eigenvalue weighted by molar-refractivity contribution is -0.122. The van der Waals surface area contributed by atoms with Crippen LogP contribution in [0.2, 0.25) is 0 Å². The smallest absolute Gasteiger partial charge is 0.220 e. The highest BCUT2D eigenvalue weighted by atomic mass is 16.5. The average Bonchev–Trinajstić information content (AvgIpc) is 2.68. The molecule has 1 amide bonds. The zero-order chi connectivity index (χ0) is 21.5. The summed E-state index contributed by atoms with van der Waals surface area (Å²) in [5.41, 5.74) is 4.07. The molecule has 156 valence electrons. The predicted molar refractivity (Wildman–Crippen MR) is 119 cm³/mol. The van der Waals surface area contributed by atoms with Crippen molar-refractivity contribution in [2.24, 2.45) is 0 Å². The molecule has 0 unspecified atom stereocenters. The molecule has 2 aromatic carbocycles. The van der Waals surface area contributed by atoms with Crippen LogP contribution in [0.1, 0.15) is 55.1 Å². The molecule has 1 aliphatic heterocycles. The third kappa shape index (κ3) is 3.84. The van der Waals surface area contributed by atoms with Crippen molar-refractivity contribution in [3.8, 4) is 5.75 Å². The predicted octanol–water partition coefficient (Wildman–Crippen LogP) is 4.50. The van der Waals surface area contributed by atoms with Gasteiger partial charge in [0.05, 0.1) is 11.6 Å². The van der Waals surface area contributed by atoms with Crippen LogP contribution in [0, 0.1) is 13.8 Å². The second kappa shape index (κ2) is 7.63. The van der Waals surface area contributed by atoms with Gasteiger partial charge in [0.1, 0.15) is 11.4 Å². The lowest BCUT2D eigenvalue weighted by Gasteiger charge is -2.37. The monoisotopic (exact) mass is 404 g/mol. The van der Waals surface area contributed by atoms with Gasteiger partial charge in [0.25, 0.3) is 0 Å². The number of H-pyrrole nitrogens is 1. The lowest BCUT2D eigenvalue weighted by atomic mass is 9.89. The molecule has 3 aromatic rings. The molecule has 0 radical (unpaired) electrons. The number of pyridine rings is 1. The Morgan fingerprint density at radius 1 is 1.17 bits per heavy atom. The molecule has 0 bridgehead atoms. The van der Waals surface area contributed by atoms with Gasteiger partial charge in [-0.15, -0.1) is 0 Å². The van der Waals surface area contributed by atoms with E-state index in [0.29, 0.717) is 23.8 Å². The summed E-state index contributed by atoms with van der Waals surface area (Å²) < 4.78 is 6.05. The third-order valence-corrected chi connectivity index (χ3v) is 5.87. The number of aryl methyl sites for hydroxylation is 2. The Morgan fingerprint density at radius 3 is 2.73 bits per heavy atom. The van der Waals surface area contributed by atoms with E-state index in [9.17, 15) is 9.59 Å². The molecule has 0 aliphatic carbocycles. The third-order valence-electron chi connectivity index (χ3n) is 5.87. The fraction of sp³-hybridized carbons (Fsp3) is 0.360. The second-order valence-corrected chi connectivity index (χ2v) is 8.78. The molecule has 2 heterocycles. The number of carbonyl (C=O) groups is 1. The number of para-hydroxylation sites is 2. The van der Waals surface area contributed by atoms with E-state index in [2.05, 4.69) is 10.3 Å². The summed E-state index contributed by atoms with van der Waals surface area (Å²) in [6.07, 6.45) is 1.37. The van der Waals surface area contributed by atoms with Crippen LogP contribution in [0.25, 0.3) is 10.9 Å². The van der Waals surface area contributed by atoms with Gasteiger partial charge in [-0.25, -0.2) is 0 Å². The zero-order valence-electron chi connectivity index (χ0n) is 18.0. The molecule has 4 rings (SSSR count). The van der Waals surface area contributed by atoms with Gasteiger partial charge < -0.3 is 15.0 Å². The molecular formula is C25H28N2O3. The van der Waals surface area contributed by atoms with Gasteiger partial charge in [-0.05, 0) is 51.8 Å². The molecule has 1 aliphatic rings. The number of benzene rings is 2. The van der Waals surface area contributed by atoms with E-state index in [-0.39, 0.29) is 29.4 Å². The van der Waals surface area contributed by atoms with Crippen molar-refractivity contribution >= 4 is 16.8 Å². The molecule has 0 fully saturated rings.